The molecule has 1 aliphatic heterocycles. The third-order valence-electron chi connectivity index (χ3n) is 4.84. The Labute approximate surface area is 171 Å². The molecule has 2 atom stereocenters. The van der Waals surface area contributed by atoms with E-state index in [9.17, 15) is 4.79 Å². The standard InChI is InChI=1S/C21H30N4O2S/c1-16-14-24(15-17(2)27-16)12-8-7-11-22-20(26)19-13-23-21(28-3)25(19)18-9-5-4-6-10-18/h4-6,9-10,13,16-17H,7-8,11-12,14-15H2,1-3H3,(H,22,26)/t16-,17+. The van der Waals surface area contributed by atoms with Gasteiger partial charge in [0.1, 0.15) is 5.69 Å². The lowest BCUT2D eigenvalue weighted by Gasteiger charge is -2.35. The minimum absolute atomic E-state index is 0.0785. The summed E-state index contributed by atoms with van der Waals surface area (Å²) in [7, 11) is 0. The van der Waals surface area contributed by atoms with Gasteiger partial charge in [0.15, 0.2) is 5.16 Å². The molecular formula is C21H30N4O2S. The Kier molecular flexibility index (Phi) is 7.53. The number of nitrogens with one attached hydrogen (secondary N) is 1. The number of carbonyl (C=O) groups excluding carboxylic acids is 1. The highest BCUT2D eigenvalue weighted by Crippen LogP contribution is 2.21. The molecule has 1 aliphatic rings. The Hall–Kier alpha value is -1.83. The molecule has 1 amide bonds. The van der Waals surface area contributed by atoms with E-state index >= 15 is 0 Å². The minimum Gasteiger partial charge on any atom is -0.373 e. The normalized spacial score (nSPS) is 20.2. The number of unbranched alkanes of at least 4 members (excludes halogenated alkanes) is 1. The van der Waals surface area contributed by atoms with Crippen LogP contribution in [0.2, 0.25) is 0 Å². The van der Waals surface area contributed by atoms with Crippen LogP contribution in [-0.2, 0) is 4.74 Å². The summed E-state index contributed by atoms with van der Waals surface area (Å²) >= 11 is 1.53. The number of para-hydroxylation sites is 1. The smallest absolute Gasteiger partial charge is 0.269 e. The van der Waals surface area contributed by atoms with Crippen molar-refractivity contribution < 1.29 is 9.53 Å². The highest BCUT2D eigenvalue weighted by atomic mass is 32.2. The van der Waals surface area contributed by atoms with Crippen LogP contribution in [0.4, 0.5) is 0 Å². The fourth-order valence-corrected chi connectivity index (χ4v) is 4.23. The van der Waals surface area contributed by atoms with Gasteiger partial charge in [-0.1, -0.05) is 30.0 Å². The zero-order chi connectivity index (χ0) is 19.9. The predicted molar refractivity (Wildman–Crippen MR) is 113 cm³/mol. The van der Waals surface area contributed by atoms with Crippen LogP contribution in [0.25, 0.3) is 5.69 Å². The van der Waals surface area contributed by atoms with Crippen LogP contribution in [0.1, 0.15) is 37.2 Å². The third-order valence-corrected chi connectivity index (χ3v) is 5.49. The first-order valence-electron chi connectivity index (χ1n) is 9.91. The third kappa shape index (κ3) is 5.37. The molecule has 0 spiro atoms. The monoisotopic (exact) mass is 402 g/mol. The van der Waals surface area contributed by atoms with Gasteiger partial charge >= 0.3 is 0 Å². The van der Waals surface area contributed by atoms with Crippen molar-refractivity contribution in [1.29, 1.82) is 0 Å². The largest absolute Gasteiger partial charge is 0.373 e. The van der Waals surface area contributed by atoms with Crippen molar-refractivity contribution in [2.45, 2.75) is 44.1 Å². The van der Waals surface area contributed by atoms with Crippen LogP contribution < -0.4 is 5.32 Å². The van der Waals surface area contributed by atoms with Crippen LogP contribution in [0, 0.1) is 0 Å². The second-order valence-corrected chi connectivity index (χ2v) is 8.05. The quantitative estimate of drug-likeness (QED) is 0.543. The molecule has 0 unspecified atom stereocenters. The number of amides is 1. The van der Waals surface area contributed by atoms with Gasteiger partial charge in [-0.25, -0.2) is 4.98 Å². The summed E-state index contributed by atoms with van der Waals surface area (Å²) in [6.45, 7) is 7.95. The van der Waals surface area contributed by atoms with Crippen LogP contribution in [0.15, 0.2) is 41.7 Å². The van der Waals surface area contributed by atoms with Crippen molar-refractivity contribution in [2.75, 3.05) is 32.4 Å². The highest BCUT2D eigenvalue weighted by molar-refractivity contribution is 7.98. The van der Waals surface area contributed by atoms with Gasteiger partial charge in [0.25, 0.3) is 5.91 Å². The van der Waals surface area contributed by atoms with Crippen LogP contribution in [0.5, 0.6) is 0 Å². The first-order valence-corrected chi connectivity index (χ1v) is 11.1. The first-order chi connectivity index (χ1) is 13.6. The molecule has 152 valence electrons. The number of benzene rings is 1. The molecule has 6 nitrogen and oxygen atoms in total. The number of nitrogens with zero attached hydrogens (tertiary/aromatic N) is 3. The summed E-state index contributed by atoms with van der Waals surface area (Å²) in [5.41, 5.74) is 1.52. The molecule has 1 aromatic heterocycles. The minimum atomic E-state index is -0.0785. The molecule has 0 radical (unpaired) electrons. The van der Waals surface area contributed by atoms with E-state index in [4.69, 9.17) is 4.74 Å². The van der Waals surface area contributed by atoms with E-state index in [1.165, 1.54) is 11.8 Å². The van der Waals surface area contributed by atoms with Gasteiger partial charge in [-0.3, -0.25) is 14.3 Å². The molecule has 1 aromatic carbocycles. The molecular weight excluding hydrogens is 372 g/mol. The lowest BCUT2D eigenvalue weighted by molar-refractivity contribution is -0.0681. The number of ether oxygens (including phenoxy) is 1. The highest BCUT2D eigenvalue weighted by Gasteiger charge is 2.21. The summed E-state index contributed by atoms with van der Waals surface area (Å²) in [5, 5.41) is 3.86. The maximum atomic E-state index is 12.7. The summed E-state index contributed by atoms with van der Waals surface area (Å²) in [6, 6.07) is 9.88. The molecule has 1 fully saturated rings. The molecule has 28 heavy (non-hydrogen) atoms. The number of rotatable bonds is 8. The van der Waals surface area contributed by atoms with Crippen molar-refractivity contribution >= 4 is 17.7 Å². The van der Waals surface area contributed by atoms with Gasteiger partial charge in [0.05, 0.1) is 18.4 Å². The Morgan fingerprint density at radius 2 is 1.93 bits per heavy atom. The lowest BCUT2D eigenvalue weighted by atomic mass is 10.2. The van der Waals surface area contributed by atoms with E-state index in [0.29, 0.717) is 24.4 Å². The Balaban J connectivity index is 1.50. The van der Waals surface area contributed by atoms with Crippen molar-refractivity contribution in [3.8, 4) is 5.69 Å². The summed E-state index contributed by atoms with van der Waals surface area (Å²) in [6.07, 6.45) is 6.25. The molecule has 2 aromatic rings. The van der Waals surface area contributed by atoms with Crippen LogP contribution in [-0.4, -0.2) is 65.0 Å². The zero-order valence-electron chi connectivity index (χ0n) is 16.9. The number of hydrogen-bond donors (Lipinski definition) is 1. The topological polar surface area (TPSA) is 59.4 Å². The number of aromatic nitrogens is 2. The van der Waals surface area contributed by atoms with E-state index in [1.807, 2.05) is 41.2 Å². The van der Waals surface area contributed by atoms with Crippen LogP contribution in [0.3, 0.4) is 0 Å². The van der Waals surface area contributed by atoms with Crippen molar-refractivity contribution in [1.82, 2.24) is 19.8 Å². The average Bonchev–Trinajstić information content (AvgIpc) is 3.12. The van der Waals surface area contributed by atoms with E-state index in [-0.39, 0.29) is 5.91 Å². The van der Waals surface area contributed by atoms with Gasteiger partial charge in [0.2, 0.25) is 0 Å². The molecule has 0 aliphatic carbocycles. The van der Waals surface area contributed by atoms with Crippen molar-refractivity contribution in [3.05, 3.63) is 42.2 Å². The second-order valence-electron chi connectivity index (χ2n) is 7.28. The first kappa shape index (κ1) is 20.9. The molecule has 0 saturated carbocycles. The van der Waals surface area contributed by atoms with E-state index < -0.39 is 0 Å². The van der Waals surface area contributed by atoms with Crippen molar-refractivity contribution in [3.63, 3.8) is 0 Å². The van der Waals surface area contributed by atoms with Gasteiger partial charge in [-0.2, -0.15) is 0 Å². The molecule has 3 rings (SSSR count). The Morgan fingerprint density at radius 1 is 1.21 bits per heavy atom. The van der Waals surface area contributed by atoms with Gasteiger partial charge in [-0.05, 0) is 51.6 Å². The predicted octanol–water partition coefficient (Wildman–Crippen LogP) is 3.21. The number of carbonyl (C=O) groups is 1. The fourth-order valence-electron chi connectivity index (χ4n) is 3.69. The molecule has 1 N–H and O–H groups in total. The Morgan fingerprint density at radius 3 is 2.61 bits per heavy atom. The number of thioether (sulfide) groups is 1. The van der Waals surface area contributed by atoms with Crippen molar-refractivity contribution in [2.24, 2.45) is 0 Å². The van der Waals surface area contributed by atoms with E-state index in [1.54, 1.807) is 6.20 Å². The van der Waals surface area contributed by atoms with Gasteiger partial charge in [0, 0.05) is 25.3 Å². The summed E-state index contributed by atoms with van der Waals surface area (Å²) in [5.74, 6) is -0.0785. The average molecular weight is 403 g/mol. The molecule has 2 heterocycles. The van der Waals surface area contributed by atoms with Gasteiger partial charge in [-0.15, -0.1) is 0 Å². The van der Waals surface area contributed by atoms with Crippen LogP contribution >= 0.6 is 11.8 Å². The number of imidazole rings is 1. The summed E-state index contributed by atoms with van der Waals surface area (Å²) < 4.78 is 7.69. The summed E-state index contributed by atoms with van der Waals surface area (Å²) in [4.78, 5) is 19.6. The zero-order valence-corrected chi connectivity index (χ0v) is 17.7. The maximum absolute atomic E-state index is 12.7. The molecule has 1 saturated heterocycles. The molecule has 7 heteroatoms. The number of hydrogen-bond acceptors (Lipinski definition) is 5. The second kappa shape index (κ2) is 10.1. The van der Waals surface area contributed by atoms with E-state index in [2.05, 4.69) is 29.0 Å². The van der Waals surface area contributed by atoms with Gasteiger partial charge < -0.3 is 10.1 Å². The Bertz CT molecular complexity index is 755. The maximum Gasteiger partial charge on any atom is 0.269 e. The molecule has 0 bridgehead atoms. The fraction of sp³-hybridized carbons (Fsp3) is 0.524. The van der Waals surface area contributed by atoms with E-state index in [0.717, 1.165) is 43.3 Å². The number of morpholine rings is 1. The SMILES string of the molecule is CSc1ncc(C(=O)NCCCCN2C[C@@H](C)O[C@@H](C)C2)n1-c1ccccc1. The lowest BCUT2D eigenvalue weighted by Crippen LogP contribution is -2.45.